The molecule has 96 valence electrons. The minimum Gasteiger partial charge on any atom is -0.342 e. The van der Waals surface area contributed by atoms with Crippen molar-refractivity contribution in [2.75, 3.05) is 20.1 Å². The third-order valence-corrected chi connectivity index (χ3v) is 4.33. The Morgan fingerprint density at radius 1 is 1.28 bits per heavy atom. The monoisotopic (exact) mass is 244 g/mol. The quantitative estimate of drug-likeness (QED) is 0.848. The molecule has 1 saturated heterocycles. The summed E-state index contributed by atoms with van der Waals surface area (Å²) >= 11 is 0. The molecule has 3 heteroatoms. The maximum Gasteiger partial charge on any atom is 0.227 e. The first-order valence-corrected chi connectivity index (χ1v) is 6.80. The van der Waals surface area contributed by atoms with Crippen molar-refractivity contribution in [3.8, 4) is 0 Å². The van der Waals surface area contributed by atoms with Crippen molar-refractivity contribution in [1.29, 1.82) is 0 Å². The lowest BCUT2D eigenvalue weighted by molar-refractivity contribution is -0.135. The van der Waals surface area contributed by atoms with Crippen LogP contribution in [-0.4, -0.2) is 37.0 Å². The molecule has 1 aromatic carbocycles. The highest BCUT2D eigenvalue weighted by Gasteiger charge is 2.32. The molecule has 3 rings (SSSR count). The van der Waals surface area contributed by atoms with Crippen LogP contribution in [0.3, 0.4) is 0 Å². The number of hydrogen-bond donors (Lipinski definition) is 1. The van der Waals surface area contributed by atoms with Gasteiger partial charge in [0.05, 0.1) is 5.92 Å². The number of carbonyl (C=O) groups is 1. The Balaban J connectivity index is 1.68. The Hall–Kier alpha value is -1.35. The van der Waals surface area contributed by atoms with Gasteiger partial charge in [-0.3, -0.25) is 4.79 Å². The molecule has 1 N–H and O–H groups in total. The minimum atomic E-state index is 0.193. The predicted octanol–water partition coefficient (Wildman–Crippen LogP) is 1.22. The van der Waals surface area contributed by atoms with Crippen LogP contribution >= 0.6 is 0 Å². The summed E-state index contributed by atoms with van der Waals surface area (Å²) < 4.78 is 0. The lowest BCUT2D eigenvalue weighted by atomic mass is 10.1. The summed E-state index contributed by atoms with van der Waals surface area (Å²) in [6, 6.07) is 8.90. The summed E-state index contributed by atoms with van der Waals surface area (Å²) in [4.78, 5) is 14.4. The zero-order valence-electron chi connectivity index (χ0n) is 10.9. The van der Waals surface area contributed by atoms with Gasteiger partial charge in [0.2, 0.25) is 5.91 Å². The first-order chi connectivity index (χ1) is 8.75. The second-order valence-corrected chi connectivity index (χ2v) is 5.47. The Morgan fingerprint density at radius 3 is 2.50 bits per heavy atom. The van der Waals surface area contributed by atoms with Crippen LogP contribution in [-0.2, 0) is 17.6 Å². The fourth-order valence-corrected chi connectivity index (χ4v) is 3.14. The van der Waals surface area contributed by atoms with Gasteiger partial charge in [-0.1, -0.05) is 24.3 Å². The molecule has 1 aliphatic carbocycles. The normalized spacial score (nSPS) is 23.1. The summed E-state index contributed by atoms with van der Waals surface area (Å²) in [7, 11) is 1.97. The first-order valence-electron chi connectivity index (χ1n) is 6.80. The van der Waals surface area contributed by atoms with E-state index < -0.39 is 0 Å². The van der Waals surface area contributed by atoms with Crippen molar-refractivity contribution >= 4 is 5.91 Å². The maximum atomic E-state index is 12.4. The van der Waals surface area contributed by atoms with E-state index in [0.717, 1.165) is 32.4 Å². The van der Waals surface area contributed by atoms with Crippen molar-refractivity contribution in [2.45, 2.75) is 25.3 Å². The van der Waals surface area contributed by atoms with Crippen LogP contribution in [0.25, 0.3) is 0 Å². The molecular weight excluding hydrogens is 224 g/mol. The van der Waals surface area contributed by atoms with Crippen molar-refractivity contribution < 1.29 is 4.79 Å². The molecule has 1 aromatic rings. The van der Waals surface area contributed by atoms with Gasteiger partial charge >= 0.3 is 0 Å². The highest BCUT2D eigenvalue weighted by molar-refractivity contribution is 5.79. The lowest BCUT2D eigenvalue weighted by Crippen LogP contribution is -2.41. The fourth-order valence-electron chi connectivity index (χ4n) is 3.14. The van der Waals surface area contributed by atoms with E-state index in [1.54, 1.807) is 0 Å². The number of nitrogens with zero attached hydrogens (tertiary/aromatic N) is 1. The predicted molar refractivity (Wildman–Crippen MR) is 71.4 cm³/mol. The van der Waals surface area contributed by atoms with Gasteiger partial charge < -0.3 is 10.2 Å². The Labute approximate surface area is 108 Å². The Morgan fingerprint density at radius 2 is 1.94 bits per heavy atom. The topological polar surface area (TPSA) is 32.3 Å². The van der Waals surface area contributed by atoms with Gasteiger partial charge in [0.15, 0.2) is 0 Å². The minimum absolute atomic E-state index is 0.193. The Kier molecular flexibility index (Phi) is 3.08. The second-order valence-electron chi connectivity index (χ2n) is 5.47. The molecule has 1 heterocycles. The SMILES string of the molecule is CN(C(=O)C1CCNC1)C1Cc2ccccc2C1. The van der Waals surface area contributed by atoms with Gasteiger partial charge in [-0.25, -0.2) is 0 Å². The summed E-state index contributed by atoms with van der Waals surface area (Å²) in [6.07, 6.45) is 3.01. The molecule has 0 saturated carbocycles. The van der Waals surface area contributed by atoms with E-state index in [1.165, 1.54) is 11.1 Å². The van der Waals surface area contributed by atoms with E-state index in [4.69, 9.17) is 0 Å². The molecule has 0 radical (unpaired) electrons. The smallest absolute Gasteiger partial charge is 0.227 e. The lowest BCUT2D eigenvalue weighted by Gasteiger charge is -2.27. The molecule has 1 unspecified atom stereocenters. The molecule has 1 fully saturated rings. The molecule has 0 bridgehead atoms. The number of amides is 1. The molecule has 0 spiro atoms. The average Bonchev–Trinajstić information content (AvgIpc) is 3.05. The molecular formula is C15H20N2O. The number of fused-ring (bicyclic) bond motifs is 1. The highest BCUT2D eigenvalue weighted by atomic mass is 16.2. The van der Waals surface area contributed by atoms with Crippen LogP contribution in [0.2, 0.25) is 0 Å². The molecule has 3 nitrogen and oxygen atoms in total. The van der Waals surface area contributed by atoms with E-state index in [0.29, 0.717) is 11.9 Å². The molecule has 0 aromatic heterocycles. The number of benzene rings is 1. The third kappa shape index (κ3) is 2.03. The van der Waals surface area contributed by atoms with E-state index in [1.807, 2.05) is 11.9 Å². The summed E-state index contributed by atoms with van der Waals surface area (Å²) in [6.45, 7) is 1.83. The van der Waals surface area contributed by atoms with Crippen LogP contribution in [0.4, 0.5) is 0 Å². The van der Waals surface area contributed by atoms with Gasteiger partial charge in [0.1, 0.15) is 0 Å². The summed E-state index contributed by atoms with van der Waals surface area (Å²) in [5.41, 5.74) is 2.82. The van der Waals surface area contributed by atoms with E-state index in [2.05, 4.69) is 29.6 Å². The van der Waals surface area contributed by atoms with E-state index >= 15 is 0 Å². The average molecular weight is 244 g/mol. The number of likely N-dealkylation sites (N-methyl/N-ethyl adjacent to an activating group) is 1. The van der Waals surface area contributed by atoms with Crippen LogP contribution in [0, 0.1) is 5.92 Å². The number of rotatable bonds is 2. The summed E-state index contributed by atoms with van der Waals surface area (Å²) in [5.74, 6) is 0.511. The second kappa shape index (κ2) is 4.73. The molecule has 1 amide bonds. The van der Waals surface area contributed by atoms with Crippen molar-refractivity contribution in [3.05, 3.63) is 35.4 Å². The highest BCUT2D eigenvalue weighted by Crippen LogP contribution is 2.26. The zero-order valence-corrected chi connectivity index (χ0v) is 10.9. The first kappa shape index (κ1) is 11.7. The van der Waals surface area contributed by atoms with Crippen LogP contribution in [0.15, 0.2) is 24.3 Å². The largest absolute Gasteiger partial charge is 0.342 e. The molecule has 1 aliphatic heterocycles. The molecule has 18 heavy (non-hydrogen) atoms. The fraction of sp³-hybridized carbons (Fsp3) is 0.533. The van der Waals surface area contributed by atoms with E-state index in [9.17, 15) is 4.79 Å². The van der Waals surface area contributed by atoms with Crippen molar-refractivity contribution in [1.82, 2.24) is 10.2 Å². The standard InChI is InChI=1S/C15H20N2O/c1-17(15(18)13-6-7-16-10-13)14-8-11-4-2-3-5-12(11)9-14/h2-5,13-14,16H,6-10H2,1H3. The Bertz CT molecular complexity index is 427. The van der Waals surface area contributed by atoms with Crippen LogP contribution < -0.4 is 5.32 Å². The van der Waals surface area contributed by atoms with Crippen LogP contribution in [0.5, 0.6) is 0 Å². The zero-order chi connectivity index (χ0) is 12.5. The van der Waals surface area contributed by atoms with Gasteiger partial charge in [0.25, 0.3) is 0 Å². The van der Waals surface area contributed by atoms with Crippen LogP contribution in [0.1, 0.15) is 17.5 Å². The number of nitrogens with one attached hydrogen (secondary N) is 1. The maximum absolute atomic E-state index is 12.4. The number of hydrogen-bond acceptors (Lipinski definition) is 2. The van der Waals surface area contributed by atoms with Gasteiger partial charge in [-0.15, -0.1) is 0 Å². The van der Waals surface area contributed by atoms with Crippen molar-refractivity contribution in [2.24, 2.45) is 5.92 Å². The van der Waals surface area contributed by atoms with Gasteiger partial charge in [0, 0.05) is 19.6 Å². The molecule has 1 atom stereocenters. The van der Waals surface area contributed by atoms with Gasteiger partial charge in [-0.05, 0) is 36.9 Å². The summed E-state index contributed by atoms with van der Waals surface area (Å²) in [5, 5.41) is 3.27. The molecule has 2 aliphatic rings. The third-order valence-electron chi connectivity index (χ3n) is 4.33. The van der Waals surface area contributed by atoms with E-state index in [-0.39, 0.29) is 5.92 Å². The number of carbonyl (C=O) groups excluding carboxylic acids is 1. The van der Waals surface area contributed by atoms with Crippen molar-refractivity contribution in [3.63, 3.8) is 0 Å². The van der Waals surface area contributed by atoms with Gasteiger partial charge in [-0.2, -0.15) is 0 Å².